The van der Waals surface area contributed by atoms with Crippen molar-refractivity contribution in [3.63, 3.8) is 0 Å². The SMILES string of the molecule is CNCCCc1coc2cc(C)ccc12. The summed E-state index contributed by atoms with van der Waals surface area (Å²) < 4.78 is 5.54. The van der Waals surface area contributed by atoms with Gasteiger partial charge < -0.3 is 9.73 Å². The molecule has 2 heteroatoms. The van der Waals surface area contributed by atoms with E-state index in [-0.39, 0.29) is 0 Å². The second kappa shape index (κ2) is 4.49. The van der Waals surface area contributed by atoms with Crippen molar-refractivity contribution < 1.29 is 4.42 Å². The largest absolute Gasteiger partial charge is 0.464 e. The Kier molecular flexibility index (Phi) is 3.07. The highest BCUT2D eigenvalue weighted by Crippen LogP contribution is 2.23. The summed E-state index contributed by atoms with van der Waals surface area (Å²) in [6.45, 7) is 3.14. The first-order valence-corrected chi connectivity index (χ1v) is 5.42. The van der Waals surface area contributed by atoms with Crippen LogP contribution in [0.1, 0.15) is 17.5 Å². The quantitative estimate of drug-likeness (QED) is 0.773. The van der Waals surface area contributed by atoms with Gasteiger partial charge in [0.05, 0.1) is 6.26 Å². The molecule has 80 valence electrons. The van der Waals surface area contributed by atoms with Crippen LogP contribution in [0.15, 0.2) is 28.9 Å². The Morgan fingerprint density at radius 2 is 2.20 bits per heavy atom. The molecule has 1 aromatic heterocycles. The molecular formula is C13H17NO. The van der Waals surface area contributed by atoms with E-state index in [0.717, 1.165) is 25.0 Å². The summed E-state index contributed by atoms with van der Waals surface area (Å²) in [6, 6.07) is 6.39. The van der Waals surface area contributed by atoms with Crippen LogP contribution < -0.4 is 5.32 Å². The number of fused-ring (bicyclic) bond motifs is 1. The predicted molar refractivity (Wildman–Crippen MR) is 63.2 cm³/mol. The number of hydrogen-bond donors (Lipinski definition) is 1. The Labute approximate surface area is 90.3 Å². The third-order valence-corrected chi connectivity index (χ3v) is 2.68. The molecule has 0 fully saturated rings. The van der Waals surface area contributed by atoms with Crippen molar-refractivity contribution in [2.24, 2.45) is 0 Å². The molecule has 0 atom stereocenters. The lowest BCUT2D eigenvalue weighted by Crippen LogP contribution is -2.08. The van der Waals surface area contributed by atoms with Gasteiger partial charge in [0.2, 0.25) is 0 Å². The van der Waals surface area contributed by atoms with Crippen LogP contribution >= 0.6 is 0 Å². The number of rotatable bonds is 4. The molecule has 1 heterocycles. The molecule has 0 amide bonds. The monoisotopic (exact) mass is 203 g/mol. The molecule has 0 aliphatic carbocycles. The highest BCUT2D eigenvalue weighted by Gasteiger charge is 2.04. The average Bonchev–Trinajstić information content (AvgIpc) is 2.61. The van der Waals surface area contributed by atoms with Gasteiger partial charge in [0.15, 0.2) is 0 Å². The van der Waals surface area contributed by atoms with Gasteiger partial charge in [-0.15, -0.1) is 0 Å². The van der Waals surface area contributed by atoms with Gasteiger partial charge in [0.25, 0.3) is 0 Å². The van der Waals surface area contributed by atoms with E-state index in [9.17, 15) is 0 Å². The number of nitrogens with one attached hydrogen (secondary N) is 1. The normalized spacial score (nSPS) is 11.1. The maximum absolute atomic E-state index is 5.54. The van der Waals surface area contributed by atoms with Gasteiger partial charge >= 0.3 is 0 Å². The van der Waals surface area contributed by atoms with Gasteiger partial charge in [-0.3, -0.25) is 0 Å². The van der Waals surface area contributed by atoms with Crippen LogP contribution in [-0.4, -0.2) is 13.6 Å². The maximum atomic E-state index is 5.54. The van der Waals surface area contributed by atoms with Gasteiger partial charge in [-0.2, -0.15) is 0 Å². The fourth-order valence-corrected chi connectivity index (χ4v) is 1.84. The molecule has 2 aromatic rings. The molecular weight excluding hydrogens is 186 g/mol. The molecule has 2 rings (SSSR count). The number of benzene rings is 1. The number of hydrogen-bond acceptors (Lipinski definition) is 2. The van der Waals surface area contributed by atoms with Crippen molar-refractivity contribution in [2.45, 2.75) is 19.8 Å². The first-order valence-electron chi connectivity index (χ1n) is 5.42. The summed E-state index contributed by atoms with van der Waals surface area (Å²) in [5.41, 5.74) is 3.58. The fourth-order valence-electron chi connectivity index (χ4n) is 1.84. The number of aryl methyl sites for hydroxylation is 2. The Hall–Kier alpha value is -1.28. The first kappa shape index (κ1) is 10.2. The summed E-state index contributed by atoms with van der Waals surface area (Å²) in [6.07, 6.45) is 4.12. The Balaban J connectivity index is 2.21. The van der Waals surface area contributed by atoms with Crippen molar-refractivity contribution in [1.29, 1.82) is 0 Å². The van der Waals surface area contributed by atoms with Gasteiger partial charge in [0, 0.05) is 5.39 Å². The van der Waals surface area contributed by atoms with Crippen LogP contribution in [0.4, 0.5) is 0 Å². The third-order valence-electron chi connectivity index (χ3n) is 2.68. The molecule has 0 saturated carbocycles. The smallest absolute Gasteiger partial charge is 0.134 e. The van der Waals surface area contributed by atoms with E-state index in [1.165, 1.54) is 16.5 Å². The topological polar surface area (TPSA) is 25.2 Å². The molecule has 0 saturated heterocycles. The van der Waals surface area contributed by atoms with Crippen LogP contribution in [0, 0.1) is 6.92 Å². The average molecular weight is 203 g/mol. The predicted octanol–water partition coefficient (Wildman–Crippen LogP) is 2.89. The second-order valence-electron chi connectivity index (χ2n) is 3.97. The Morgan fingerprint density at radius 3 is 3.00 bits per heavy atom. The lowest BCUT2D eigenvalue weighted by Gasteiger charge is -1.98. The number of furan rings is 1. The summed E-state index contributed by atoms with van der Waals surface area (Å²) >= 11 is 0. The van der Waals surface area contributed by atoms with E-state index in [0.29, 0.717) is 0 Å². The molecule has 0 radical (unpaired) electrons. The van der Waals surface area contributed by atoms with Gasteiger partial charge in [-0.1, -0.05) is 12.1 Å². The van der Waals surface area contributed by atoms with Crippen LogP contribution in [0.25, 0.3) is 11.0 Å². The van der Waals surface area contributed by atoms with Crippen LogP contribution in [0.3, 0.4) is 0 Å². The molecule has 0 bridgehead atoms. The Bertz CT molecular complexity index is 445. The van der Waals surface area contributed by atoms with Gasteiger partial charge in [0.1, 0.15) is 5.58 Å². The molecule has 0 spiro atoms. The molecule has 2 nitrogen and oxygen atoms in total. The molecule has 0 aliphatic rings. The minimum atomic E-state index is 1.01. The van der Waals surface area contributed by atoms with Gasteiger partial charge in [-0.05, 0) is 50.6 Å². The van der Waals surface area contributed by atoms with E-state index >= 15 is 0 Å². The zero-order valence-corrected chi connectivity index (χ0v) is 9.34. The summed E-state index contributed by atoms with van der Waals surface area (Å²) in [5, 5.41) is 4.42. The van der Waals surface area contributed by atoms with Crippen LogP contribution in [0.2, 0.25) is 0 Å². The maximum Gasteiger partial charge on any atom is 0.134 e. The van der Waals surface area contributed by atoms with Gasteiger partial charge in [-0.25, -0.2) is 0 Å². The van der Waals surface area contributed by atoms with Crippen molar-refractivity contribution >= 4 is 11.0 Å². The van der Waals surface area contributed by atoms with Crippen molar-refractivity contribution in [1.82, 2.24) is 5.32 Å². The summed E-state index contributed by atoms with van der Waals surface area (Å²) in [7, 11) is 1.98. The van der Waals surface area contributed by atoms with E-state index in [1.807, 2.05) is 13.3 Å². The summed E-state index contributed by atoms with van der Waals surface area (Å²) in [5.74, 6) is 0. The highest BCUT2D eigenvalue weighted by molar-refractivity contribution is 5.81. The fraction of sp³-hybridized carbons (Fsp3) is 0.385. The van der Waals surface area contributed by atoms with E-state index < -0.39 is 0 Å². The van der Waals surface area contributed by atoms with E-state index in [4.69, 9.17) is 4.42 Å². The second-order valence-corrected chi connectivity index (χ2v) is 3.97. The minimum absolute atomic E-state index is 1.01. The van der Waals surface area contributed by atoms with Crippen molar-refractivity contribution in [3.05, 3.63) is 35.6 Å². The summed E-state index contributed by atoms with van der Waals surface area (Å²) in [4.78, 5) is 0. The van der Waals surface area contributed by atoms with E-state index in [1.54, 1.807) is 0 Å². The minimum Gasteiger partial charge on any atom is -0.464 e. The molecule has 15 heavy (non-hydrogen) atoms. The van der Waals surface area contributed by atoms with Crippen molar-refractivity contribution in [2.75, 3.05) is 13.6 Å². The molecule has 1 aromatic carbocycles. The third kappa shape index (κ3) is 2.21. The first-order chi connectivity index (χ1) is 7.31. The highest BCUT2D eigenvalue weighted by atomic mass is 16.3. The van der Waals surface area contributed by atoms with Crippen LogP contribution in [0.5, 0.6) is 0 Å². The zero-order valence-electron chi connectivity index (χ0n) is 9.34. The van der Waals surface area contributed by atoms with Crippen LogP contribution in [-0.2, 0) is 6.42 Å². The van der Waals surface area contributed by atoms with E-state index in [2.05, 4.69) is 30.4 Å². The van der Waals surface area contributed by atoms with Crippen molar-refractivity contribution in [3.8, 4) is 0 Å². The molecule has 1 N–H and O–H groups in total. The Morgan fingerprint density at radius 1 is 1.33 bits per heavy atom. The molecule has 0 unspecified atom stereocenters. The standard InChI is InChI=1S/C13H17NO/c1-10-5-6-12-11(4-3-7-14-2)9-15-13(12)8-10/h5-6,8-9,14H,3-4,7H2,1-2H3. The molecule has 0 aliphatic heterocycles. The zero-order chi connectivity index (χ0) is 10.7. The lowest BCUT2D eigenvalue weighted by molar-refractivity contribution is 0.607. The lowest BCUT2D eigenvalue weighted by atomic mass is 10.1.